The van der Waals surface area contributed by atoms with Crippen LogP contribution in [0.25, 0.3) is 0 Å². The van der Waals surface area contributed by atoms with E-state index in [0.29, 0.717) is 0 Å². The quantitative estimate of drug-likeness (QED) is 0.687. The Bertz CT molecular complexity index is 139. The minimum atomic E-state index is -0.364. The van der Waals surface area contributed by atoms with Gasteiger partial charge in [-0.2, -0.15) is 0 Å². The number of aliphatic hydroxyl groups is 1. The molecular formula is C12H26O2. The first-order valence-electron chi connectivity index (χ1n) is 5.69. The molecule has 0 saturated carbocycles. The van der Waals surface area contributed by atoms with Gasteiger partial charge in [-0.05, 0) is 25.7 Å². The molecule has 0 radical (unpaired) electrons. The molecule has 0 rings (SSSR count). The molecule has 2 heteroatoms. The Hall–Kier alpha value is -0.0800. The molecule has 0 aromatic rings. The first kappa shape index (κ1) is 13.9. The van der Waals surface area contributed by atoms with Crippen molar-refractivity contribution >= 4 is 0 Å². The number of aliphatic hydroxyl groups excluding tert-OH is 1. The highest BCUT2D eigenvalue weighted by atomic mass is 16.5. The first-order chi connectivity index (χ1) is 6.46. The van der Waals surface area contributed by atoms with Crippen molar-refractivity contribution in [2.24, 2.45) is 5.92 Å². The minimum Gasteiger partial charge on any atom is -0.390 e. The molecule has 2 unspecified atom stereocenters. The third-order valence-electron chi connectivity index (χ3n) is 3.13. The van der Waals surface area contributed by atoms with Gasteiger partial charge < -0.3 is 9.84 Å². The SMILES string of the molecule is CCC(C)(OC)C(O)CCCC(C)C. The predicted octanol–water partition coefficient (Wildman–Crippen LogP) is 2.99. The summed E-state index contributed by atoms with van der Waals surface area (Å²) in [6, 6.07) is 0. The molecule has 0 saturated heterocycles. The molecule has 0 aliphatic carbocycles. The van der Waals surface area contributed by atoms with E-state index in [1.54, 1.807) is 7.11 Å². The molecule has 2 nitrogen and oxygen atoms in total. The van der Waals surface area contributed by atoms with E-state index in [1.165, 1.54) is 6.42 Å². The average molecular weight is 202 g/mol. The number of ether oxygens (including phenoxy) is 1. The van der Waals surface area contributed by atoms with Crippen LogP contribution in [0.15, 0.2) is 0 Å². The van der Waals surface area contributed by atoms with Crippen molar-refractivity contribution in [2.45, 2.75) is 65.1 Å². The molecule has 0 fully saturated rings. The fourth-order valence-corrected chi connectivity index (χ4v) is 1.54. The summed E-state index contributed by atoms with van der Waals surface area (Å²) in [7, 11) is 1.68. The molecule has 0 aliphatic rings. The summed E-state index contributed by atoms with van der Waals surface area (Å²) in [5, 5.41) is 9.96. The molecule has 0 spiro atoms. The van der Waals surface area contributed by atoms with Crippen molar-refractivity contribution in [3.63, 3.8) is 0 Å². The topological polar surface area (TPSA) is 29.5 Å². The number of rotatable bonds is 7. The summed E-state index contributed by atoms with van der Waals surface area (Å²) in [5.74, 6) is 0.720. The van der Waals surface area contributed by atoms with Gasteiger partial charge in [0.15, 0.2) is 0 Å². The van der Waals surface area contributed by atoms with Gasteiger partial charge >= 0.3 is 0 Å². The van der Waals surface area contributed by atoms with Crippen molar-refractivity contribution < 1.29 is 9.84 Å². The van der Waals surface area contributed by atoms with E-state index in [0.717, 1.165) is 25.2 Å². The summed E-state index contributed by atoms with van der Waals surface area (Å²) < 4.78 is 5.36. The van der Waals surface area contributed by atoms with E-state index in [1.807, 2.05) is 6.92 Å². The molecular weight excluding hydrogens is 176 g/mol. The highest BCUT2D eigenvalue weighted by molar-refractivity contribution is 4.82. The monoisotopic (exact) mass is 202 g/mol. The molecule has 1 N–H and O–H groups in total. The van der Waals surface area contributed by atoms with Crippen LogP contribution in [0, 0.1) is 5.92 Å². The zero-order chi connectivity index (χ0) is 11.2. The third-order valence-corrected chi connectivity index (χ3v) is 3.13. The van der Waals surface area contributed by atoms with Gasteiger partial charge in [-0.15, -0.1) is 0 Å². The molecule has 0 aromatic carbocycles. The summed E-state index contributed by atoms with van der Waals surface area (Å²) in [6.45, 7) is 8.45. The second-order valence-corrected chi connectivity index (χ2v) is 4.71. The Labute approximate surface area is 88.7 Å². The maximum atomic E-state index is 9.96. The van der Waals surface area contributed by atoms with Gasteiger partial charge in [-0.1, -0.05) is 33.6 Å². The largest absolute Gasteiger partial charge is 0.390 e. The minimum absolute atomic E-state index is 0.337. The fraction of sp³-hybridized carbons (Fsp3) is 1.00. The summed E-state index contributed by atoms with van der Waals surface area (Å²) >= 11 is 0. The van der Waals surface area contributed by atoms with Crippen LogP contribution in [0.4, 0.5) is 0 Å². The Morgan fingerprint density at radius 1 is 1.29 bits per heavy atom. The fourth-order valence-electron chi connectivity index (χ4n) is 1.54. The molecule has 86 valence electrons. The maximum Gasteiger partial charge on any atom is 0.0905 e. The normalized spacial score (nSPS) is 18.2. The second kappa shape index (κ2) is 6.41. The van der Waals surface area contributed by atoms with Gasteiger partial charge in [0.1, 0.15) is 0 Å². The lowest BCUT2D eigenvalue weighted by Gasteiger charge is -2.32. The molecule has 0 bridgehead atoms. The van der Waals surface area contributed by atoms with E-state index in [-0.39, 0.29) is 11.7 Å². The van der Waals surface area contributed by atoms with Gasteiger partial charge in [0.2, 0.25) is 0 Å². The lowest BCUT2D eigenvalue weighted by Crippen LogP contribution is -2.40. The van der Waals surface area contributed by atoms with Gasteiger partial charge in [0, 0.05) is 7.11 Å². The zero-order valence-electron chi connectivity index (χ0n) is 10.3. The van der Waals surface area contributed by atoms with E-state index in [9.17, 15) is 5.11 Å². The summed E-state index contributed by atoms with van der Waals surface area (Å²) in [6.07, 6.45) is 3.62. The smallest absolute Gasteiger partial charge is 0.0905 e. The number of hydrogen-bond donors (Lipinski definition) is 1. The lowest BCUT2D eigenvalue weighted by molar-refractivity contribution is -0.0955. The molecule has 0 heterocycles. The van der Waals surface area contributed by atoms with E-state index in [2.05, 4.69) is 20.8 Å². The van der Waals surface area contributed by atoms with Crippen molar-refractivity contribution in [1.82, 2.24) is 0 Å². The Balaban J connectivity index is 3.87. The third kappa shape index (κ3) is 4.43. The van der Waals surface area contributed by atoms with Crippen LogP contribution in [0.5, 0.6) is 0 Å². The van der Waals surface area contributed by atoms with Crippen molar-refractivity contribution in [3.8, 4) is 0 Å². The van der Waals surface area contributed by atoms with Crippen LogP contribution in [0.3, 0.4) is 0 Å². The van der Waals surface area contributed by atoms with Gasteiger partial charge in [0.25, 0.3) is 0 Å². The molecule has 14 heavy (non-hydrogen) atoms. The van der Waals surface area contributed by atoms with Gasteiger partial charge in [-0.3, -0.25) is 0 Å². The highest BCUT2D eigenvalue weighted by Crippen LogP contribution is 2.23. The number of methoxy groups -OCH3 is 1. The standard InChI is InChI=1S/C12H26O2/c1-6-12(4,14-5)11(13)9-7-8-10(2)3/h10-11,13H,6-9H2,1-5H3. The number of hydrogen-bond acceptors (Lipinski definition) is 2. The van der Waals surface area contributed by atoms with Crippen molar-refractivity contribution in [2.75, 3.05) is 7.11 Å². The molecule has 0 aliphatic heterocycles. The summed E-state index contributed by atoms with van der Waals surface area (Å²) in [5.41, 5.74) is -0.364. The predicted molar refractivity (Wildman–Crippen MR) is 60.4 cm³/mol. The van der Waals surface area contributed by atoms with E-state index < -0.39 is 0 Å². The Kier molecular flexibility index (Phi) is 6.38. The van der Waals surface area contributed by atoms with Crippen LogP contribution in [-0.4, -0.2) is 23.9 Å². The van der Waals surface area contributed by atoms with Crippen LogP contribution < -0.4 is 0 Å². The van der Waals surface area contributed by atoms with Crippen LogP contribution >= 0.6 is 0 Å². The summed E-state index contributed by atoms with van der Waals surface area (Å²) in [4.78, 5) is 0. The van der Waals surface area contributed by atoms with Crippen molar-refractivity contribution in [3.05, 3.63) is 0 Å². The van der Waals surface area contributed by atoms with Gasteiger partial charge in [-0.25, -0.2) is 0 Å². The van der Waals surface area contributed by atoms with Gasteiger partial charge in [0.05, 0.1) is 11.7 Å². The molecule has 0 amide bonds. The second-order valence-electron chi connectivity index (χ2n) is 4.71. The molecule has 2 atom stereocenters. The average Bonchev–Trinajstić information content (AvgIpc) is 2.15. The maximum absolute atomic E-state index is 9.96. The zero-order valence-corrected chi connectivity index (χ0v) is 10.3. The van der Waals surface area contributed by atoms with Crippen molar-refractivity contribution in [1.29, 1.82) is 0 Å². The van der Waals surface area contributed by atoms with Crippen LogP contribution in [0.2, 0.25) is 0 Å². The lowest BCUT2D eigenvalue weighted by atomic mass is 9.91. The van der Waals surface area contributed by atoms with E-state index in [4.69, 9.17) is 4.74 Å². The van der Waals surface area contributed by atoms with E-state index >= 15 is 0 Å². The Morgan fingerprint density at radius 3 is 2.21 bits per heavy atom. The Morgan fingerprint density at radius 2 is 1.86 bits per heavy atom. The highest BCUT2D eigenvalue weighted by Gasteiger charge is 2.30. The first-order valence-corrected chi connectivity index (χ1v) is 5.69. The molecule has 0 aromatic heterocycles. The van der Waals surface area contributed by atoms with Crippen LogP contribution in [0.1, 0.15) is 53.4 Å². The van der Waals surface area contributed by atoms with Crippen LogP contribution in [-0.2, 0) is 4.74 Å².